The van der Waals surface area contributed by atoms with E-state index >= 15 is 0 Å². The van der Waals surface area contributed by atoms with Crippen LogP contribution in [0.3, 0.4) is 0 Å². The Morgan fingerprint density at radius 2 is 1.95 bits per heavy atom. The van der Waals surface area contributed by atoms with Crippen LogP contribution in [0.1, 0.15) is 16.1 Å². The predicted octanol–water partition coefficient (Wildman–Crippen LogP) is 3.24. The van der Waals surface area contributed by atoms with Crippen molar-refractivity contribution in [3.8, 4) is 5.75 Å². The number of hydrogen-bond acceptors (Lipinski definition) is 5. The average molecular weight is 356 g/mol. The van der Waals surface area contributed by atoms with Gasteiger partial charge < -0.3 is 4.74 Å². The van der Waals surface area contributed by atoms with E-state index in [9.17, 15) is 4.79 Å². The number of halogens is 1. The zero-order valence-corrected chi connectivity index (χ0v) is 13.8. The van der Waals surface area contributed by atoms with Gasteiger partial charge >= 0.3 is 0 Å². The first kappa shape index (κ1) is 14.9. The zero-order chi connectivity index (χ0) is 14.7. The fraction of sp³-hybridized carbons (Fsp3) is 0.308. The Bertz CT molecular complexity index is 619. The van der Waals surface area contributed by atoms with Gasteiger partial charge in [0.15, 0.2) is 6.61 Å². The normalized spacial score (nSPS) is 10.4. The summed E-state index contributed by atoms with van der Waals surface area (Å²) >= 11 is 4.76. The molecule has 5 nitrogen and oxygen atoms in total. The van der Waals surface area contributed by atoms with Crippen LogP contribution in [0.25, 0.3) is 0 Å². The first-order valence-electron chi connectivity index (χ1n) is 5.95. The van der Waals surface area contributed by atoms with Crippen molar-refractivity contribution in [1.82, 2.24) is 10.2 Å². The van der Waals surface area contributed by atoms with Crippen molar-refractivity contribution < 1.29 is 9.53 Å². The number of nitrogens with zero attached hydrogens (tertiary/aromatic N) is 2. The van der Waals surface area contributed by atoms with Crippen molar-refractivity contribution in [2.45, 2.75) is 20.8 Å². The summed E-state index contributed by atoms with van der Waals surface area (Å²) in [5.41, 5.74) is 1.97. The molecule has 2 aromatic rings. The van der Waals surface area contributed by atoms with Gasteiger partial charge in [0.25, 0.3) is 5.91 Å². The molecule has 1 aromatic carbocycles. The molecule has 20 heavy (non-hydrogen) atoms. The van der Waals surface area contributed by atoms with Crippen LogP contribution in [-0.4, -0.2) is 22.7 Å². The summed E-state index contributed by atoms with van der Waals surface area (Å²) in [7, 11) is 0. The van der Waals surface area contributed by atoms with Crippen LogP contribution in [0, 0.1) is 20.8 Å². The standard InChI is InChI=1S/C13H14BrN3O2S/c1-7-4-10(14)5-8(2)12(7)19-6-11(18)15-13-17-16-9(3)20-13/h4-5H,6H2,1-3H3,(H,15,17,18). The van der Waals surface area contributed by atoms with Crippen molar-refractivity contribution in [1.29, 1.82) is 0 Å². The molecule has 0 spiro atoms. The third-order valence-electron chi connectivity index (χ3n) is 2.55. The lowest BCUT2D eigenvalue weighted by molar-refractivity contribution is -0.118. The van der Waals surface area contributed by atoms with Crippen molar-refractivity contribution in [3.05, 3.63) is 32.7 Å². The number of nitrogens with one attached hydrogen (secondary N) is 1. The van der Waals surface area contributed by atoms with E-state index in [1.807, 2.05) is 32.9 Å². The third-order valence-corrected chi connectivity index (χ3v) is 3.76. The minimum absolute atomic E-state index is 0.0536. The molecule has 0 aliphatic carbocycles. The van der Waals surface area contributed by atoms with E-state index in [0.717, 1.165) is 26.4 Å². The molecule has 106 valence electrons. The third kappa shape index (κ3) is 3.77. The van der Waals surface area contributed by atoms with Gasteiger partial charge in [-0.3, -0.25) is 10.1 Å². The maximum absolute atomic E-state index is 11.8. The van der Waals surface area contributed by atoms with Crippen LogP contribution >= 0.6 is 27.3 Å². The largest absolute Gasteiger partial charge is 0.483 e. The first-order chi connectivity index (χ1) is 9.45. The SMILES string of the molecule is Cc1nnc(NC(=O)COc2c(C)cc(Br)cc2C)s1. The second kappa shape index (κ2) is 6.32. The molecule has 0 unspecified atom stereocenters. The highest BCUT2D eigenvalue weighted by Gasteiger charge is 2.10. The van der Waals surface area contributed by atoms with E-state index in [1.54, 1.807) is 0 Å². The van der Waals surface area contributed by atoms with Gasteiger partial charge in [-0.15, -0.1) is 10.2 Å². The van der Waals surface area contributed by atoms with Crippen molar-refractivity contribution >= 4 is 38.3 Å². The number of aromatic nitrogens is 2. The molecule has 0 aliphatic heterocycles. The fourth-order valence-electron chi connectivity index (χ4n) is 1.77. The Balaban J connectivity index is 1.97. The van der Waals surface area contributed by atoms with E-state index in [-0.39, 0.29) is 12.5 Å². The lowest BCUT2D eigenvalue weighted by Crippen LogP contribution is -2.20. The Morgan fingerprint density at radius 1 is 1.30 bits per heavy atom. The highest BCUT2D eigenvalue weighted by molar-refractivity contribution is 9.10. The van der Waals surface area contributed by atoms with Gasteiger partial charge in [-0.2, -0.15) is 0 Å². The fourth-order valence-corrected chi connectivity index (χ4v) is 3.06. The van der Waals surface area contributed by atoms with Gasteiger partial charge in [-0.25, -0.2) is 0 Å². The lowest BCUT2D eigenvalue weighted by Gasteiger charge is -2.12. The van der Waals surface area contributed by atoms with Crippen molar-refractivity contribution in [2.24, 2.45) is 0 Å². The topological polar surface area (TPSA) is 64.1 Å². The van der Waals surface area contributed by atoms with Gasteiger partial charge in [-0.05, 0) is 44.0 Å². The summed E-state index contributed by atoms with van der Waals surface area (Å²) in [6.45, 7) is 5.67. The second-order valence-corrected chi connectivity index (χ2v) is 6.43. The summed E-state index contributed by atoms with van der Waals surface area (Å²) in [5, 5.41) is 11.6. The number of ether oxygens (including phenoxy) is 1. The van der Waals surface area contributed by atoms with Gasteiger partial charge in [0.2, 0.25) is 5.13 Å². The number of carbonyl (C=O) groups excluding carboxylic acids is 1. The summed E-state index contributed by atoms with van der Waals surface area (Å²) in [5.74, 6) is 0.486. The Labute approximate surface area is 129 Å². The number of hydrogen-bond donors (Lipinski definition) is 1. The van der Waals surface area contributed by atoms with Gasteiger partial charge in [-0.1, -0.05) is 27.3 Å². The molecule has 7 heteroatoms. The van der Waals surface area contributed by atoms with Crippen LogP contribution in [0.4, 0.5) is 5.13 Å². The molecule has 0 atom stereocenters. The number of amides is 1. The minimum atomic E-state index is -0.247. The predicted molar refractivity (Wildman–Crippen MR) is 82.4 cm³/mol. The smallest absolute Gasteiger partial charge is 0.264 e. The molecule has 1 aromatic heterocycles. The number of carbonyl (C=O) groups is 1. The summed E-state index contributed by atoms with van der Waals surface area (Å²) in [6, 6.07) is 3.91. The summed E-state index contributed by atoms with van der Waals surface area (Å²) in [6.07, 6.45) is 0. The number of aryl methyl sites for hydroxylation is 3. The van der Waals surface area contributed by atoms with E-state index in [4.69, 9.17) is 4.74 Å². The molecular weight excluding hydrogens is 342 g/mol. The monoisotopic (exact) mass is 355 g/mol. The highest BCUT2D eigenvalue weighted by atomic mass is 79.9. The number of rotatable bonds is 4. The van der Waals surface area contributed by atoms with Gasteiger partial charge in [0.05, 0.1) is 0 Å². The van der Waals surface area contributed by atoms with Gasteiger partial charge in [0.1, 0.15) is 10.8 Å². The van der Waals surface area contributed by atoms with Crippen LogP contribution in [0.5, 0.6) is 5.75 Å². The second-order valence-electron chi connectivity index (χ2n) is 4.33. The zero-order valence-electron chi connectivity index (χ0n) is 11.4. The molecule has 0 saturated carbocycles. The minimum Gasteiger partial charge on any atom is -0.483 e. The van der Waals surface area contributed by atoms with E-state index in [1.165, 1.54) is 11.3 Å². The summed E-state index contributed by atoms with van der Waals surface area (Å²) in [4.78, 5) is 11.8. The Hall–Kier alpha value is -1.47. The molecular formula is C13H14BrN3O2S. The molecule has 0 aliphatic rings. The van der Waals surface area contributed by atoms with E-state index in [2.05, 4.69) is 31.4 Å². The Kier molecular flexibility index (Phi) is 4.72. The molecule has 2 rings (SSSR count). The molecule has 1 amide bonds. The van der Waals surface area contributed by atoms with E-state index in [0.29, 0.717) is 5.13 Å². The Morgan fingerprint density at radius 3 is 2.50 bits per heavy atom. The molecule has 0 saturated heterocycles. The van der Waals surface area contributed by atoms with Crippen molar-refractivity contribution in [2.75, 3.05) is 11.9 Å². The highest BCUT2D eigenvalue weighted by Crippen LogP contribution is 2.27. The maximum Gasteiger partial charge on any atom is 0.264 e. The molecule has 0 bridgehead atoms. The average Bonchev–Trinajstić information content (AvgIpc) is 2.73. The van der Waals surface area contributed by atoms with Crippen LogP contribution in [0.2, 0.25) is 0 Å². The maximum atomic E-state index is 11.8. The van der Waals surface area contributed by atoms with Crippen LogP contribution in [0.15, 0.2) is 16.6 Å². The lowest BCUT2D eigenvalue weighted by atomic mass is 10.1. The molecule has 0 fully saturated rings. The first-order valence-corrected chi connectivity index (χ1v) is 7.56. The molecule has 1 N–H and O–H groups in total. The summed E-state index contributed by atoms with van der Waals surface area (Å²) < 4.78 is 6.58. The number of anilines is 1. The van der Waals surface area contributed by atoms with Crippen LogP contribution < -0.4 is 10.1 Å². The quantitative estimate of drug-likeness (QED) is 0.914. The van der Waals surface area contributed by atoms with Crippen molar-refractivity contribution in [3.63, 3.8) is 0 Å². The van der Waals surface area contributed by atoms with Crippen LogP contribution in [-0.2, 0) is 4.79 Å². The molecule has 1 heterocycles. The van der Waals surface area contributed by atoms with Gasteiger partial charge in [0, 0.05) is 4.47 Å². The van der Waals surface area contributed by atoms with E-state index < -0.39 is 0 Å². The number of benzene rings is 1. The molecule has 0 radical (unpaired) electrons.